The van der Waals surface area contributed by atoms with Crippen LogP contribution in [0.1, 0.15) is 29.2 Å². The molecule has 1 heterocycles. The summed E-state index contributed by atoms with van der Waals surface area (Å²) in [6, 6.07) is 9.15. The lowest BCUT2D eigenvalue weighted by Crippen LogP contribution is -2.20. The number of amides is 1. The maximum atomic E-state index is 12.9. The van der Waals surface area contributed by atoms with Crippen LogP contribution >= 0.6 is 11.3 Å². The molecule has 0 bridgehead atoms. The summed E-state index contributed by atoms with van der Waals surface area (Å²) in [5, 5.41) is 0. The number of hydrogen-bond donors (Lipinski definition) is 0. The molecule has 0 N–H and O–H groups in total. The minimum absolute atomic E-state index is 0.227. The van der Waals surface area contributed by atoms with Crippen LogP contribution in [-0.4, -0.2) is 38.4 Å². The van der Waals surface area contributed by atoms with E-state index in [-0.39, 0.29) is 17.2 Å². The Bertz CT molecular complexity index is 1280. The summed E-state index contributed by atoms with van der Waals surface area (Å²) in [6.07, 6.45) is 1.41. The van der Waals surface area contributed by atoms with E-state index in [9.17, 15) is 13.2 Å². The van der Waals surface area contributed by atoms with E-state index in [1.165, 1.54) is 23.2 Å². The van der Waals surface area contributed by atoms with Crippen molar-refractivity contribution in [3.63, 3.8) is 0 Å². The number of benzene rings is 2. The second-order valence-electron chi connectivity index (χ2n) is 7.69. The number of hydrogen-bond acceptors (Lipinski definition) is 5. The summed E-state index contributed by atoms with van der Waals surface area (Å²) in [7, 11) is -3.32. The Hall–Kier alpha value is -2.29. The number of fused-ring (bicyclic) bond motifs is 1. The predicted octanol–water partition coefficient (Wildman–Crippen LogP) is 3.74. The van der Waals surface area contributed by atoms with Crippen molar-refractivity contribution < 1.29 is 17.9 Å². The number of sulfone groups is 1. The van der Waals surface area contributed by atoms with Gasteiger partial charge in [-0.1, -0.05) is 29.0 Å². The number of nitrogens with zero attached hydrogens (tertiary/aromatic N) is 2. The van der Waals surface area contributed by atoms with Gasteiger partial charge in [0.2, 0.25) is 0 Å². The van der Waals surface area contributed by atoms with Crippen LogP contribution in [0.25, 0.3) is 10.2 Å². The van der Waals surface area contributed by atoms with Crippen molar-refractivity contribution >= 4 is 37.3 Å². The highest BCUT2D eigenvalue weighted by atomic mass is 32.2. The fourth-order valence-electron chi connectivity index (χ4n) is 3.67. The van der Waals surface area contributed by atoms with Crippen molar-refractivity contribution in [3.8, 4) is 0 Å². The Morgan fingerprint density at radius 2 is 1.81 bits per heavy atom. The lowest BCUT2D eigenvalue weighted by molar-refractivity contribution is -0.117. The predicted molar refractivity (Wildman–Crippen MR) is 124 cm³/mol. The Labute approximate surface area is 187 Å². The van der Waals surface area contributed by atoms with E-state index in [4.69, 9.17) is 4.74 Å². The van der Waals surface area contributed by atoms with E-state index in [2.05, 4.69) is 17.1 Å². The molecule has 0 aliphatic rings. The maximum absolute atomic E-state index is 12.9. The molecular weight excluding hydrogens is 432 g/mol. The van der Waals surface area contributed by atoms with Gasteiger partial charge >= 0.3 is 0 Å². The molecule has 31 heavy (non-hydrogen) atoms. The van der Waals surface area contributed by atoms with E-state index >= 15 is 0 Å². The minimum atomic E-state index is -3.32. The summed E-state index contributed by atoms with van der Waals surface area (Å²) in [5.41, 5.74) is 5.17. The van der Waals surface area contributed by atoms with Gasteiger partial charge < -0.3 is 9.30 Å². The molecule has 0 aliphatic heterocycles. The highest BCUT2D eigenvalue weighted by Crippen LogP contribution is 2.22. The zero-order valence-electron chi connectivity index (χ0n) is 18.6. The molecule has 6 nitrogen and oxygen atoms in total. The molecule has 3 aromatic rings. The summed E-state index contributed by atoms with van der Waals surface area (Å²) in [5.74, 6) is -0.227. The van der Waals surface area contributed by atoms with Crippen LogP contribution in [0.3, 0.4) is 0 Å². The van der Waals surface area contributed by atoms with Crippen LogP contribution in [0.2, 0.25) is 0 Å². The zero-order valence-corrected chi connectivity index (χ0v) is 20.2. The van der Waals surface area contributed by atoms with E-state index in [1.54, 1.807) is 18.2 Å². The first kappa shape index (κ1) is 23.4. The van der Waals surface area contributed by atoms with Gasteiger partial charge in [-0.15, -0.1) is 0 Å². The molecule has 1 amide bonds. The normalized spacial score (nSPS) is 12.6. The highest BCUT2D eigenvalue weighted by molar-refractivity contribution is 7.90. The Morgan fingerprint density at radius 1 is 1.13 bits per heavy atom. The quantitative estimate of drug-likeness (QED) is 0.503. The van der Waals surface area contributed by atoms with Gasteiger partial charge in [0.15, 0.2) is 14.6 Å². The largest absolute Gasteiger partial charge is 0.380 e. The summed E-state index contributed by atoms with van der Waals surface area (Å²) >= 11 is 1.32. The average Bonchev–Trinajstić information content (AvgIpc) is 3.00. The second-order valence-corrected chi connectivity index (χ2v) is 10.7. The molecule has 3 rings (SSSR count). The van der Waals surface area contributed by atoms with Crippen LogP contribution < -0.4 is 4.80 Å². The standard InChI is InChI=1S/C23H28N2O4S2/c1-6-29-10-9-25-20-8-7-18(31(5,27)28)13-21(20)30-23(25)24-22(26)14-19-16(3)11-15(2)12-17(19)4/h7-8,11-13H,6,9-10,14H2,1-5H3. The summed E-state index contributed by atoms with van der Waals surface area (Å²) in [6.45, 7) is 9.59. The van der Waals surface area contributed by atoms with Gasteiger partial charge in [0.1, 0.15) is 0 Å². The number of carbonyl (C=O) groups is 1. The van der Waals surface area contributed by atoms with Gasteiger partial charge in [0.25, 0.3) is 5.91 Å². The molecule has 0 radical (unpaired) electrons. The van der Waals surface area contributed by atoms with E-state index in [1.807, 2.05) is 32.3 Å². The molecule has 0 atom stereocenters. The number of thiazole rings is 1. The molecule has 2 aromatic carbocycles. The first-order valence-electron chi connectivity index (χ1n) is 10.2. The molecule has 1 aromatic heterocycles. The lowest BCUT2D eigenvalue weighted by Gasteiger charge is -2.09. The molecule has 0 spiro atoms. The molecule has 166 valence electrons. The van der Waals surface area contributed by atoms with Crippen LogP contribution in [0.15, 0.2) is 40.2 Å². The van der Waals surface area contributed by atoms with Gasteiger partial charge in [-0.3, -0.25) is 4.79 Å². The first-order chi connectivity index (χ1) is 14.6. The summed E-state index contributed by atoms with van der Waals surface area (Å²) < 4.78 is 32.1. The maximum Gasteiger partial charge on any atom is 0.252 e. The Morgan fingerprint density at radius 3 is 2.42 bits per heavy atom. The Balaban J connectivity index is 2.05. The highest BCUT2D eigenvalue weighted by Gasteiger charge is 2.14. The van der Waals surface area contributed by atoms with Crippen LogP contribution in [0.4, 0.5) is 0 Å². The number of carbonyl (C=O) groups excluding carboxylic acids is 1. The van der Waals surface area contributed by atoms with Crippen LogP contribution in [0.5, 0.6) is 0 Å². The fourth-order valence-corrected chi connectivity index (χ4v) is 5.51. The third kappa shape index (κ3) is 5.50. The number of rotatable bonds is 7. The van der Waals surface area contributed by atoms with Crippen molar-refractivity contribution in [1.82, 2.24) is 4.57 Å². The van der Waals surface area contributed by atoms with Crippen LogP contribution in [-0.2, 0) is 32.3 Å². The van der Waals surface area contributed by atoms with Crippen molar-refractivity contribution in [2.24, 2.45) is 4.99 Å². The fraction of sp³-hybridized carbons (Fsp3) is 0.391. The van der Waals surface area contributed by atoms with Gasteiger partial charge in [0, 0.05) is 19.4 Å². The number of ether oxygens (including phenoxy) is 1. The van der Waals surface area contributed by atoms with Crippen molar-refractivity contribution in [2.45, 2.75) is 45.6 Å². The molecule has 0 saturated heterocycles. The average molecular weight is 461 g/mol. The molecule has 0 fully saturated rings. The molecule has 0 saturated carbocycles. The Kier molecular flexibility index (Phi) is 7.13. The molecule has 0 aliphatic carbocycles. The van der Waals surface area contributed by atoms with Crippen molar-refractivity contribution in [1.29, 1.82) is 0 Å². The minimum Gasteiger partial charge on any atom is -0.380 e. The van der Waals surface area contributed by atoms with Crippen LogP contribution in [0, 0.1) is 20.8 Å². The zero-order chi connectivity index (χ0) is 22.8. The van der Waals surface area contributed by atoms with Gasteiger partial charge in [-0.25, -0.2) is 8.42 Å². The van der Waals surface area contributed by atoms with Gasteiger partial charge in [0.05, 0.1) is 28.1 Å². The van der Waals surface area contributed by atoms with Gasteiger partial charge in [-0.2, -0.15) is 4.99 Å². The molecule has 8 heteroatoms. The van der Waals surface area contributed by atoms with E-state index < -0.39 is 9.84 Å². The lowest BCUT2D eigenvalue weighted by atomic mass is 9.97. The number of aryl methyl sites for hydroxylation is 3. The second kappa shape index (κ2) is 9.46. The third-order valence-corrected chi connectivity index (χ3v) is 7.29. The SMILES string of the molecule is CCOCCn1c(=NC(=O)Cc2c(C)cc(C)cc2C)sc2cc(S(C)(=O)=O)ccc21. The monoisotopic (exact) mass is 460 g/mol. The summed E-state index contributed by atoms with van der Waals surface area (Å²) in [4.78, 5) is 18.1. The van der Waals surface area contributed by atoms with Crippen molar-refractivity contribution in [3.05, 3.63) is 57.4 Å². The van der Waals surface area contributed by atoms with Gasteiger partial charge in [-0.05, 0) is 62.6 Å². The first-order valence-corrected chi connectivity index (χ1v) is 12.9. The van der Waals surface area contributed by atoms with E-state index in [0.29, 0.717) is 24.6 Å². The molecule has 0 unspecified atom stereocenters. The third-order valence-electron chi connectivity index (χ3n) is 5.13. The van der Waals surface area contributed by atoms with Crippen molar-refractivity contribution in [2.75, 3.05) is 19.5 Å². The number of aromatic nitrogens is 1. The topological polar surface area (TPSA) is 77.7 Å². The smallest absolute Gasteiger partial charge is 0.252 e. The molecular formula is C23H28N2O4S2. The van der Waals surface area contributed by atoms with E-state index in [0.717, 1.165) is 26.9 Å².